The zero-order valence-electron chi connectivity index (χ0n) is 16.8. The number of hydrogen-bond acceptors (Lipinski definition) is 7. The molecule has 0 aromatic carbocycles. The van der Waals surface area contributed by atoms with E-state index in [9.17, 15) is 9.59 Å². The monoisotopic (exact) mass is 404 g/mol. The van der Waals surface area contributed by atoms with Crippen LogP contribution in [0.5, 0.6) is 0 Å². The van der Waals surface area contributed by atoms with E-state index in [2.05, 4.69) is 25.1 Å². The van der Waals surface area contributed by atoms with Gasteiger partial charge < -0.3 is 4.74 Å². The molecule has 4 aromatic rings. The van der Waals surface area contributed by atoms with Crippen LogP contribution in [0.25, 0.3) is 28.1 Å². The fourth-order valence-corrected chi connectivity index (χ4v) is 3.44. The van der Waals surface area contributed by atoms with Crippen molar-refractivity contribution >= 4 is 16.7 Å². The van der Waals surface area contributed by atoms with Gasteiger partial charge >= 0.3 is 5.97 Å². The summed E-state index contributed by atoms with van der Waals surface area (Å²) in [4.78, 5) is 38.9. The van der Waals surface area contributed by atoms with Crippen LogP contribution in [0, 0.1) is 0 Å². The molecule has 0 saturated heterocycles. The van der Waals surface area contributed by atoms with Crippen molar-refractivity contribution in [3.63, 3.8) is 0 Å². The van der Waals surface area contributed by atoms with E-state index >= 15 is 0 Å². The first-order valence-corrected chi connectivity index (χ1v) is 9.57. The fourth-order valence-electron chi connectivity index (χ4n) is 3.44. The highest BCUT2D eigenvalue weighted by Gasteiger charge is 2.22. The van der Waals surface area contributed by atoms with Crippen LogP contribution in [-0.4, -0.2) is 42.8 Å². The summed E-state index contributed by atoms with van der Waals surface area (Å²) in [5.41, 5.74) is 1.96. The molecule has 9 heteroatoms. The van der Waals surface area contributed by atoms with Gasteiger partial charge in [-0.3, -0.25) is 24.4 Å². The molecule has 0 aliphatic rings. The van der Waals surface area contributed by atoms with Gasteiger partial charge in [0.05, 0.1) is 29.4 Å². The van der Waals surface area contributed by atoms with Crippen LogP contribution in [0.1, 0.15) is 35.6 Å². The Hall–Kier alpha value is -3.88. The van der Waals surface area contributed by atoms with Gasteiger partial charge in [0.25, 0.3) is 11.5 Å². The molecule has 0 spiro atoms. The lowest BCUT2D eigenvalue weighted by Gasteiger charge is -2.13. The Labute approximate surface area is 171 Å². The first-order valence-electron chi connectivity index (χ1n) is 9.57. The number of rotatable bonds is 5. The molecule has 0 atom stereocenters. The summed E-state index contributed by atoms with van der Waals surface area (Å²) in [6, 6.07) is 5.34. The van der Waals surface area contributed by atoms with Crippen LogP contribution < -0.4 is 5.56 Å². The molecule has 30 heavy (non-hydrogen) atoms. The summed E-state index contributed by atoms with van der Waals surface area (Å²) in [6.07, 6.45) is 5.97. The Morgan fingerprint density at radius 1 is 1.17 bits per heavy atom. The number of aryl methyl sites for hydroxylation is 2. The standard InChI is InChI=1S/C21H20N6O3/c1-4-14-16-13(17(20(29)30-3)15(5-2)23-14)8-10-27(19(16)28)21-24-18(25-26-21)12-7-6-9-22-11-12/h6-11H,4-5H2,1-3H3,(H,24,25,26). The number of ether oxygens (including phenoxy) is 1. The van der Waals surface area contributed by atoms with Gasteiger partial charge in [0.15, 0.2) is 5.82 Å². The number of hydrogen-bond donors (Lipinski definition) is 1. The Morgan fingerprint density at radius 3 is 2.63 bits per heavy atom. The number of aromatic amines is 1. The van der Waals surface area contributed by atoms with Crippen molar-refractivity contribution in [1.82, 2.24) is 29.7 Å². The Balaban J connectivity index is 1.94. The summed E-state index contributed by atoms with van der Waals surface area (Å²) in [5.74, 6) is 0.179. The van der Waals surface area contributed by atoms with Crippen LogP contribution in [0.3, 0.4) is 0 Å². The number of carbonyl (C=O) groups excluding carboxylic acids is 1. The first-order chi connectivity index (χ1) is 14.6. The van der Waals surface area contributed by atoms with E-state index < -0.39 is 5.97 Å². The van der Waals surface area contributed by atoms with E-state index in [-0.39, 0.29) is 11.5 Å². The van der Waals surface area contributed by atoms with Gasteiger partial charge in [-0.2, -0.15) is 4.98 Å². The lowest BCUT2D eigenvalue weighted by atomic mass is 10.0. The van der Waals surface area contributed by atoms with Crippen molar-refractivity contribution in [2.75, 3.05) is 7.11 Å². The number of H-pyrrole nitrogens is 1. The summed E-state index contributed by atoms with van der Waals surface area (Å²) < 4.78 is 6.28. The third kappa shape index (κ3) is 3.14. The average molecular weight is 404 g/mol. The Kier molecular flexibility index (Phi) is 5.09. The molecule has 4 rings (SSSR count). The normalized spacial score (nSPS) is 11.0. The van der Waals surface area contributed by atoms with Crippen LogP contribution in [0.2, 0.25) is 0 Å². The maximum Gasteiger partial charge on any atom is 0.340 e. The lowest BCUT2D eigenvalue weighted by Crippen LogP contribution is -2.22. The largest absolute Gasteiger partial charge is 0.465 e. The van der Waals surface area contributed by atoms with E-state index in [4.69, 9.17) is 4.74 Å². The molecule has 152 valence electrons. The number of aromatic nitrogens is 6. The van der Waals surface area contributed by atoms with E-state index in [0.29, 0.717) is 46.4 Å². The second-order valence-electron chi connectivity index (χ2n) is 6.58. The van der Waals surface area contributed by atoms with Crippen molar-refractivity contribution in [3.05, 3.63) is 64.1 Å². The third-order valence-corrected chi connectivity index (χ3v) is 4.89. The molecule has 0 saturated carbocycles. The van der Waals surface area contributed by atoms with E-state index in [1.165, 1.54) is 11.7 Å². The number of methoxy groups -OCH3 is 1. The molecule has 4 heterocycles. The number of nitrogens with zero attached hydrogens (tertiary/aromatic N) is 5. The second-order valence-corrected chi connectivity index (χ2v) is 6.58. The van der Waals surface area contributed by atoms with Gasteiger partial charge in [-0.25, -0.2) is 4.79 Å². The van der Waals surface area contributed by atoms with Crippen molar-refractivity contribution in [1.29, 1.82) is 0 Å². The lowest BCUT2D eigenvalue weighted by molar-refractivity contribution is 0.0601. The number of pyridine rings is 3. The van der Waals surface area contributed by atoms with Crippen LogP contribution in [0.15, 0.2) is 41.6 Å². The predicted octanol–water partition coefficient (Wildman–Crippen LogP) is 2.48. The molecular weight excluding hydrogens is 384 g/mol. The van der Waals surface area contributed by atoms with Gasteiger partial charge in [-0.1, -0.05) is 13.8 Å². The van der Waals surface area contributed by atoms with E-state index in [1.54, 1.807) is 30.7 Å². The number of carbonyl (C=O) groups is 1. The first kappa shape index (κ1) is 19.4. The highest BCUT2D eigenvalue weighted by molar-refractivity contribution is 6.05. The predicted molar refractivity (Wildman–Crippen MR) is 111 cm³/mol. The Bertz CT molecular complexity index is 1290. The summed E-state index contributed by atoms with van der Waals surface area (Å²) in [7, 11) is 1.32. The summed E-state index contributed by atoms with van der Waals surface area (Å²) in [5, 5.41) is 7.90. The van der Waals surface area contributed by atoms with Gasteiger partial charge in [-0.15, -0.1) is 5.10 Å². The highest BCUT2D eigenvalue weighted by Crippen LogP contribution is 2.24. The quantitative estimate of drug-likeness (QED) is 0.508. The van der Waals surface area contributed by atoms with Crippen LogP contribution in [-0.2, 0) is 17.6 Å². The van der Waals surface area contributed by atoms with E-state index in [1.807, 2.05) is 19.9 Å². The van der Waals surface area contributed by atoms with Crippen LogP contribution in [0.4, 0.5) is 0 Å². The molecular formula is C21H20N6O3. The number of fused-ring (bicyclic) bond motifs is 1. The van der Waals surface area contributed by atoms with Gasteiger partial charge in [0, 0.05) is 29.5 Å². The topological polar surface area (TPSA) is 116 Å². The summed E-state index contributed by atoms with van der Waals surface area (Å²) in [6.45, 7) is 3.83. The molecule has 0 bridgehead atoms. The average Bonchev–Trinajstić information content (AvgIpc) is 3.28. The number of nitrogens with one attached hydrogen (secondary N) is 1. The molecule has 0 unspecified atom stereocenters. The van der Waals surface area contributed by atoms with Crippen molar-refractivity contribution in [2.45, 2.75) is 26.7 Å². The van der Waals surface area contributed by atoms with Crippen LogP contribution >= 0.6 is 0 Å². The minimum absolute atomic E-state index is 0.196. The SMILES string of the molecule is CCc1nc(CC)c2c(=O)n(-c3n[nH]c(-c4cccnc4)n3)ccc2c1C(=O)OC. The van der Waals surface area contributed by atoms with Crippen molar-refractivity contribution in [2.24, 2.45) is 0 Å². The number of esters is 1. The molecule has 0 aliphatic carbocycles. The summed E-state index contributed by atoms with van der Waals surface area (Å²) >= 11 is 0. The molecule has 1 N–H and O–H groups in total. The molecule has 9 nitrogen and oxygen atoms in total. The molecule has 0 radical (unpaired) electrons. The fraction of sp³-hybridized carbons (Fsp3) is 0.238. The molecule has 0 amide bonds. The van der Waals surface area contributed by atoms with Crippen molar-refractivity contribution in [3.8, 4) is 17.3 Å². The second kappa shape index (κ2) is 7.86. The maximum atomic E-state index is 13.4. The van der Waals surface area contributed by atoms with Gasteiger partial charge in [0.1, 0.15) is 0 Å². The third-order valence-electron chi connectivity index (χ3n) is 4.89. The van der Waals surface area contributed by atoms with Gasteiger partial charge in [0.2, 0.25) is 0 Å². The zero-order valence-corrected chi connectivity index (χ0v) is 16.8. The van der Waals surface area contributed by atoms with Crippen molar-refractivity contribution < 1.29 is 9.53 Å². The highest BCUT2D eigenvalue weighted by atomic mass is 16.5. The molecule has 0 fully saturated rings. The molecule has 4 aromatic heterocycles. The smallest absolute Gasteiger partial charge is 0.340 e. The maximum absolute atomic E-state index is 13.4. The minimum atomic E-state index is -0.513. The minimum Gasteiger partial charge on any atom is -0.465 e. The van der Waals surface area contributed by atoms with Gasteiger partial charge in [-0.05, 0) is 31.0 Å². The van der Waals surface area contributed by atoms with E-state index in [0.717, 1.165) is 5.56 Å². The Morgan fingerprint density at radius 2 is 1.97 bits per heavy atom. The zero-order chi connectivity index (χ0) is 21.3. The molecule has 0 aliphatic heterocycles.